The monoisotopic (exact) mass is 453 g/mol. The third-order valence-electron chi connectivity index (χ3n) is 6.50. The third-order valence-corrected chi connectivity index (χ3v) is 6.50. The Balaban J connectivity index is 1.44. The van der Waals surface area contributed by atoms with Crippen molar-refractivity contribution in [1.82, 2.24) is 14.8 Å². The van der Waals surface area contributed by atoms with E-state index in [0.717, 1.165) is 22.3 Å². The molecule has 0 bridgehead atoms. The summed E-state index contributed by atoms with van der Waals surface area (Å²) in [5.74, 6) is 1.31. The Hall–Kier alpha value is -4.26. The van der Waals surface area contributed by atoms with Crippen molar-refractivity contribution in [3.63, 3.8) is 0 Å². The van der Waals surface area contributed by atoms with E-state index in [1.165, 1.54) is 0 Å². The highest BCUT2D eigenvalue weighted by Crippen LogP contribution is 2.41. The first-order valence-electron chi connectivity index (χ1n) is 11.2. The summed E-state index contributed by atoms with van der Waals surface area (Å²) in [4.78, 5) is 34.0. The number of amides is 2. The standard InChI is InChI=1S/C27H23N3O4/c1-29(14-17-7-3-2-4-8-17)27(32)30-15-20-24(28-21-10-6-5-9-19(21)26(20)31)25(30)18-11-12-22-23(13-18)34-16-33-22/h2-13,25H,14-16H2,1H3,(H,28,31). The summed E-state index contributed by atoms with van der Waals surface area (Å²) >= 11 is 0. The molecule has 0 fully saturated rings. The van der Waals surface area contributed by atoms with Crippen LogP contribution in [-0.2, 0) is 13.1 Å². The number of hydrogen-bond acceptors (Lipinski definition) is 4. The molecule has 1 unspecified atom stereocenters. The van der Waals surface area contributed by atoms with Crippen LogP contribution < -0.4 is 14.9 Å². The van der Waals surface area contributed by atoms with Crippen molar-refractivity contribution in [3.05, 3.63) is 105 Å². The van der Waals surface area contributed by atoms with Crippen LogP contribution in [0.15, 0.2) is 77.6 Å². The summed E-state index contributed by atoms with van der Waals surface area (Å²) in [7, 11) is 1.79. The van der Waals surface area contributed by atoms with Crippen LogP contribution in [-0.4, -0.2) is 34.7 Å². The van der Waals surface area contributed by atoms with Gasteiger partial charge in [-0.1, -0.05) is 48.5 Å². The lowest BCUT2D eigenvalue weighted by Crippen LogP contribution is -2.40. The number of nitrogens with one attached hydrogen (secondary N) is 1. The normalized spacial score (nSPS) is 16.0. The highest BCUT2D eigenvalue weighted by Gasteiger charge is 2.39. The maximum atomic E-state index is 13.7. The Morgan fingerprint density at radius 1 is 1.03 bits per heavy atom. The minimum absolute atomic E-state index is 0.0453. The van der Waals surface area contributed by atoms with Crippen molar-refractivity contribution in [2.75, 3.05) is 13.8 Å². The molecule has 2 amide bonds. The average Bonchev–Trinajstić information content (AvgIpc) is 3.48. The molecule has 3 heterocycles. The van der Waals surface area contributed by atoms with Crippen molar-refractivity contribution in [3.8, 4) is 11.5 Å². The van der Waals surface area contributed by atoms with E-state index in [1.807, 2.05) is 72.8 Å². The van der Waals surface area contributed by atoms with Gasteiger partial charge in [-0.15, -0.1) is 0 Å². The molecule has 0 spiro atoms. The number of rotatable bonds is 3. The first kappa shape index (κ1) is 20.4. The van der Waals surface area contributed by atoms with Gasteiger partial charge in [0.15, 0.2) is 16.9 Å². The molecule has 7 heteroatoms. The first-order valence-corrected chi connectivity index (χ1v) is 11.2. The van der Waals surface area contributed by atoms with Gasteiger partial charge >= 0.3 is 6.03 Å². The van der Waals surface area contributed by atoms with Crippen LogP contribution >= 0.6 is 0 Å². The SMILES string of the molecule is CN(Cc1ccccc1)C(=O)N1Cc2c([nH]c3ccccc3c2=O)C1c1ccc2c(c1)OCO2. The van der Waals surface area contributed by atoms with Crippen LogP contribution in [0.25, 0.3) is 10.9 Å². The van der Waals surface area contributed by atoms with E-state index >= 15 is 0 Å². The Kier molecular flexibility index (Phi) is 4.76. The lowest BCUT2D eigenvalue weighted by Gasteiger charge is -2.30. The van der Waals surface area contributed by atoms with Gasteiger partial charge < -0.3 is 24.3 Å². The average molecular weight is 453 g/mol. The van der Waals surface area contributed by atoms with Gasteiger partial charge in [0.2, 0.25) is 6.79 Å². The first-order chi connectivity index (χ1) is 16.6. The van der Waals surface area contributed by atoms with E-state index < -0.39 is 6.04 Å². The van der Waals surface area contributed by atoms with Gasteiger partial charge in [0.1, 0.15) is 0 Å². The Morgan fingerprint density at radius 2 is 1.79 bits per heavy atom. The molecule has 7 nitrogen and oxygen atoms in total. The molecule has 0 aliphatic carbocycles. The Bertz CT molecular complexity index is 1460. The molecule has 1 atom stereocenters. The highest BCUT2D eigenvalue weighted by molar-refractivity contribution is 5.82. The van der Waals surface area contributed by atoms with Crippen LogP contribution in [0.1, 0.15) is 28.4 Å². The highest BCUT2D eigenvalue weighted by atomic mass is 16.7. The minimum Gasteiger partial charge on any atom is -0.454 e. The fourth-order valence-corrected chi connectivity index (χ4v) is 4.86. The van der Waals surface area contributed by atoms with Crippen LogP contribution in [0.3, 0.4) is 0 Å². The predicted octanol–water partition coefficient (Wildman–Crippen LogP) is 4.41. The number of carbonyl (C=O) groups excluding carboxylic acids is 1. The number of H-pyrrole nitrogens is 1. The smallest absolute Gasteiger partial charge is 0.321 e. The summed E-state index contributed by atoms with van der Waals surface area (Å²) in [6.45, 7) is 0.868. The van der Waals surface area contributed by atoms with Crippen LogP contribution in [0.2, 0.25) is 0 Å². The van der Waals surface area contributed by atoms with Crippen LogP contribution in [0, 0.1) is 0 Å². The molecule has 3 aromatic carbocycles. The number of nitrogens with zero attached hydrogens (tertiary/aromatic N) is 2. The van der Waals surface area contributed by atoms with Crippen molar-refractivity contribution < 1.29 is 14.3 Å². The molecule has 1 N–H and O–H groups in total. The number of benzene rings is 3. The molecule has 2 aliphatic heterocycles. The second-order valence-corrected chi connectivity index (χ2v) is 8.66. The van der Waals surface area contributed by atoms with Crippen molar-refractivity contribution >= 4 is 16.9 Å². The molecular formula is C27H23N3O4. The summed E-state index contributed by atoms with van der Waals surface area (Å²) in [6.07, 6.45) is 0. The van der Waals surface area contributed by atoms with E-state index in [-0.39, 0.29) is 24.8 Å². The predicted molar refractivity (Wildman–Crippen MR) is 128 cm³/mol. The fraction of sp³-hybridized carbons (Fsp3) is 0.185. The number of carbonyl (C=O) groups is 1. The molecule has 1 aromatic heterocycles. The van der Waals surface area contributed by atoms with Gasteiger partial charge in [-0.25, -0.2) is 4.79 Å². The van der Waals surface area contributed by atoms with Crippen molar-refractivity contribution in [2.24, 2.45) is 0 Å². The van der Waals surface area contributed by atoms with Crippen LogP contribution in [0.4, 0.5) is 4.79 Å². The van der Waals surface area contributed by atoms with E-state index in [2.05, 4.69) is 4.98 Å². The molecule has 0 radical (unpaired) electrons. The number of hydrogen-bond donors (Lipinski definition) is 1. The van der Waals surface area contributed by atoms with Gasteiger partial charge in [0.25, 0.3) is 0 Å². The molecule has 34 heavy (non-hydrogen) atoms. The number of pyridine rings is 1. The van der Waals surface area contributed by atoms with Gasteiger partial charge in [0, 0.05) is 30.1 Å². The fourth-order valence-electron chi connectivity index (χ4n) is 4.86. The summed E-state index contributed by atoms with van der Waals surface area (Å²) in [5, 5.41) is 0.623. The largest absolute Gasteiger partial charge is 0.454 e. The number of aromatic nitrogens is 1. The Labute approximate surface area is 196 Å². The van der Waals surface area contributed by atoms with Gasteiger partial charge in [-0.05, 0) is 35.4 Å². The van der Waals surface area contributed by atoms with Gasteiger partial charge in [-0.2, -0.15) is 0 Å². The van der Waals surface area contributed by atoms with E-state index in [9.17, 15) is 9.59 Å². The zero-order chi connectivity index (χ0) is 23.2. The zero-order valence-corrected chi connectivity index (χ0v) is 18.7. The number of ether oxygens (including phenoxy) is 2. The number of fused-ring (bicyclic) bond motifs is 3. The summed E-state index contributed by atoms with van der Waals surface area (Å²) in [5.41, 5.74) is 3.96. The molecule has 2 aliphatic rings. The van der Waals surface area contributed by atoms with Crippen molar-refractivity contribution in [1.29, 1.82) is 0 Å². The number of aromatic amines is 1. The number of urea groups is 1. The van der Waals surface area contributed by atoms with Crippen molar-refractivity contribution in [2.45, 2.75) is 19.1 Å². The zero-order valence-electron chi connectivity index (χ0n) is 18.7. The Morgan fingerprint density at radius 3 is 2.65 bits per heavy atom. The van der Waals surface area contributed by atoms with E-state index in [0.29, 0.717) is 29.0 Å². The summed E-state index contributed by atoms with van der Waals surface area (Å²) in [6, 6.07) is 22.4. The van der Waals surface area contributed by atoms with Gasteiger partial charge in [0.05, 0.1) is 18.3 Å². The molecule has 4 aromatic rings. The molecule has 6 rings (SSSR count). The molecule has 170 valence electrons. The second kappa shape index (κ2) is 7.95. The third kappa shape index (κ3) is 3.28. The molecular weight excluding hydrogens is 430 g/mol. The lowest BCUT2D eigenvalue weighted by molar-refractivity contribution is 0.151. The number of para-hydroxylation sites is 1. The van der Waals surface area contributed by atoms with Crippen LogP contribution in [0.5, 0.6) is 11.5 Å². The van der Waals surface area contributed by atoms with E-state index in [4.69, 9.17) is 9.47 Å². The quantitative estimate of drug-likeness (QED) is 0.499. The molecule has 0 saturated carbocycles. The molecule has 0 saturated heterocycles. The second-order valence-electron chi connectivity index (χ2n) is 8.66. The summed E-state index contributed by atoms with van der Waals surface area (Å²) < 4.78 is 11.1. The minimum atomic E-state index is -0.451. The maximum absolute atomic E-state index is 13.7. The van der Waals surface area contributed by atoms with E-state index in [1.54, 1.807) is 16.8 Å². The van der Waals surface area contributed by atoms with Gasteiger partial charge in [-0.3, -0.25) is 4.79 Å². The topological polar surface area (TPSA) is 74.9 Å². The lowest BCUT2D eigenvalue weighted by atomic mass is 10.0. The maximum Gasteiger partial charge on any atom is 0.321 e.